The van der Waals surface area contributed by atoms with E-state index in [9.17, 15) is 15.0 Å². The van der Waals surface area contributed by atoms with Crippen molar-refractivity contribution in [3.05, 3.63) is 76.3 Å². The van der Waals surface area contributed by atoms with Gasteiger partial charge in [0.2, 0.25) is 5.91 Å². The number of nitrogens with one attached hydrogen (secondary N) is 1. The minimum absolute atomic E-state index is 0.0104. The van der Waals surface area contributed by atoms with E-state index in [0.717, 1.165) is 37.2 Å². The van der Waals surface area contributed by atoms with E-state index in [1.807, 2.05) is 24.3 Å². The number of carbonyl (C=O) groups is 1. The normalized spacial score (nSPS) is 27.5. The molecule has 2 aromatic carbocycles. The summed E-state index contributed by atoms with van der Waals surface area (Å²) in [7, 11) is 0. The van der Waals surface area contributed by atoms with E-state index in [0.29, 0.717) is 22.9 Å². The molecule has 1 amide bonds. The SMILES string of the molecule is C=CCN1CC[C@@]2(c3cccc(O)c3)C[C@H](NC(=O)Cc3ccc(Cl)c(Cl)c3)CC(O)[C@@H]2C1. The standard InChI is InChI=1S/C26H30Cl2N2O3/c1-2-9-30-10-8-26(18-4-3-5-20(31)13-18)15-19(14-24(32)21(26)16-30)29-25(33)12-17-6-7-22(27)23(28)11-17/h2-7,11,13,19,21,24,31-32H,1,8-10,12,14-16H2,(H,29,33)/t19-,21+,24?,26+/m1/s1. The van der Waals surface area contributed by atoms with Crippen molar-refractivity contribution in [3.63, 3.8) is 0 Å². The molecule has 3 N–H and O–H groups in total. The Morgan fingerprint density at radius 3 is 2.79 bits per heavy atom. The average molecular weight is 489 g/mol. The molecule has 4 rings (SSSR count). The molecule has 0 aromatic heterocycles. The topological polar surface area (TPSA) is 72.8 Å². The van der Waals surface area contributed by atoms with Gasteiger partial charge in [0.25, 0.3) is 0 Å². The Bertz CT molecular complexity index is 1030. The lowest BCUT2D eigenvalue weighted by atomic mass is 9.57. The van der Waals surface area contributed by atoms with Gasteiger partial charge in [0.05, 0.1) is 22.6 Å². The molecule has 1 aliphatic heterocycles. The van der Waals surface area contributed by atoms with Crippen molar-refractivity contribution < 1.29 is 15.0 Å². The number of rotatable bonds is 6. The zero-order valence-corrected chi connectivity index (χ0v) is 20.0. The molecule has 1 heterocycles. The molecular formula is C26H30Cl2N2O3. The van der Waals surface area contributed by atoms with E-state index in [1.54, 1.807) is 24.3 Å². The van der Waals surface area contributed by atoms with Gasteiger partial charge in [-0.3, -0.25) is 9.69 Å². The van der Waals surface area contributed by atoms with Gasteiger partial charge in [0, 0.05) is 30.5 Å². The molecule has 2 aromatic rings. The van der Waals surface area contributed by atoms with E-state index in [4.69, 9.17) is 23.2 Å². The van der Waals surface area contributed by atoms with Gasteiger partial charge in [-0.15, -0.1) is 6.58 Å². The first-order valence-corrected chi connectivity index (χ1v) is 12.1. The lowest BCUT2D eigenvalue weighted by Gasteiger charge is -2.54. The number of hydrogen-bond donors (Lipinski definition) is 3. The number of aromatic hydroxyl groups is 1. The number of piperidine rings is 1. The molecule has 2 fully saturated rings. The molecule has 0 bridgehead atoms. The number of halogens is 2. The highest BCUT2D eigenvalue weighted by Crippen LogP contribution is 2.49. The van der Waals surface area contributed by atoms with Crippen LogP contribution in [0.15, 0.2) is 55.1 Å². The zero-order valence-electron chi connectivity index (χ0n) is 18.5. The number of benzene rings is 2. The molecule has 33 heavy (non-hydrogen) atoms. The number of likely N-dealkylation sites (tertiary alicyclic amines) is 1. The Labute approximate surface area is 205 Å². The minimum atomic E-state index is -0.566. The maximum absolute atomic E-state index is 12.8. The Hall–Kier alpha value is -2.05. The van der Waals surface area contributed by atoms with Crippen LogP contribution < -0.4 is 5.32 Å². The van der Waals surface area contributed by atoms with Crippen LogP contribution in [0.2, 0.25) is 10.0 Å². The van der Waals surface area contributed by atoms with Crippen LogP contribution in [0.25, 0.3) is 0 Å². The van der Waals surface area contributed by atoms with Crippen molar-refractivity contribution >= 4 is 29.1 Å². The van der Waals surface area contributed by atoms with Gasteiger partial charge in [0.1, 0.15) is 5.75 Å². The summed E-state index contributed by atoms with van der Waals surface area (Å²) in [5, 5.41) is 25.4. The molecule has 7 heteroatoms. The Morgan fingerprint density at radius 1 is 1.24 bits per heavy atom. The molecule has 1 saturated carbocycles. The molecular weight excluding hydrogens is 459 g/mol. The van der Waals surface area contributed by atoms with Crippen molar-refractivity contribution in [1.29, 1.82) is 0 Å². The molecule has 4 atom stereocenters. The second-order valence-corrected chi connectivity index (χ2v) is 10.1. The van der Waals surface area contributed by atoms with Crippen molar-refractivity contribution in [1.82, 2.24) is 10.2 Å². The van der Waals surface area contributed by atoms with Gasteiger partial charge >= 0.3 is 0 Å². The Kier molecular flexibility index (Phi) is 7.34. The molecule has 0 spiro atoms. The molecule has 176 valence electrons. The van der Waals surface area contributed by atoms with Crippen LogP contribution in [0, 0.1) is 5.92 Å². The molecule has 1 unspecified atom stereocenters. The average Bonchev–Trinajstić information content (AvgIpc) is 2.77. The third-order valence-electron chi connectivity index (χ3n) is 7.16. The predicted octanol–water partition coefficient (Wildman–Crippen LogP) is 4.33. The maximum Gasteiger partial charge on any atom is 0.224 e. The van der Waals surface area contributed by atoms with Crippen LogP contribution >= 0.6 is 23.2 Å². The number of hydrogen-bond acceptors (Lipinski definition) is 4. The third-order valence-corrected chi connectivity index (χ3v) is 7.90. The maximum atomic E-state index is 12.8. The molecule has 2 aliphatic rings. The predicted molar refractivity (Wildman–Crippen MR) is 132 cm³/mol. The summed E-state index contributed by atoms with van der Waals surface area (Å²) in [5.41, 5.74) is 1.49. The summed E-state index contributed by atoms with van der Waals surface area (Å²) in [5.74, 6) is 0.116. The van der Waals surface area contributed by atoms with Gasteiger partial charge in [-0.05, 0) is 61.2 Å². The highest BCUT2D eigenvalue weighted by atomic mass is 35.5. The fraction of sp³-hybridized carbons (Fsp3) is 0.423. The van der Waals surface area contributed by atoms with Crippen LogP contribution in [-0.4, -0.2) is 52.8 Å². The van der Waals surface area contributed by atoms with E-state index in [2.05, 4.69) is 16.8 Å². The Morgan fingerprint density at radius 2 is 2.06 bits per heavy atom. The molecule has 1 aliphatic carbocycles. The van der Waals surface area contributed by atoms with E-state index >= 15 is 0 Å². The first kappa shape index (κ1) is 24.1. The fourth-order valence-electron chi connectivity index (χ4n) is 5.67. The van der Waals surface area contributed by atoms with E-state index in [1.165, 1.54) is 0 Å². The highest BCUT2D eigenvalue weighted by molar-refractivity contribution is 6.42. The highest BCUT2D eigenvalue weighted by Gasteiger charge is 2.52. The lowest BCUT2D eigenvalue weighted by molar-refractivity contribution is -0.122. The van der Waals surface area contributed by atoms with Gasteiger partial charge in [-0.1, -0.05) is 47.5 Å². The number of carbonyl (C=O) groups excluding carboxylic acids is 1. The summed E-state index contributed by atoms with van der Waals surface area (Å²) in [6.07, 6.45) is 3.57. The monoisotopic (exact) mass is 488 g/mol. The number of nitrogens with zero attached hydrogens (tertiary/aromatic N) is 1. The second-order valence-electron chi connectivity index (χ2n) is 9.31. The third kappa shape index (κ3) is 5.22. The van der Waals surface area contributed by atoms with Crippen LogP contribution in [0.4, 0.5) is 0 Å². The van der Waals surface area contributed by atoms with Crippen molar-refractivity contribution in [3.8, 4) is 5.75 Å². The number of phenolic OH excluding ortho intramolecular Hbond substituents is 1. The quantitative estimate of drug-likeness (QED) is 0.529. The fourth-order valence-corrected chi connectivity index (χ4v) is 5.99. The molecule has 0 radical (unpaired) electrons. The van der Waals surface area contributed by atoms with Crippen LogP contribution in [0.5, 0.6) is 5.75 Å². The largest absolute Gasteiger partial charge is 0.508 e. The zero-order chi connectivity index (χ0) is 23.6. The molecule has 5 nitrogen and oxygen atoms in total. The van der Waals surface area contributed by atoms with E-state index < -0.39 is 6.10 Å². The van der Waals surface area contributed by atoms with Crippen molar-refractivity contribution in [2.75, 3.05) is 19.6 Å². The summed E-state index contributed by atoms with van der Waals surface area (Å²) in [6, 6.07) is 12.4. The molecule has 1 saturated heterocycles. The van der Waals surface area contributed by atoms with Gasteiger partial charge < -0.3 is 15.5 Å². The second kappa shape index (κ2) is 10.1. The van der Waals surface area contributed by atoms with Crippen LogP contribution in [0.3, 0.4) is 0 Å². The van der Waals surface area contributed by atoms with Crippen molar-refractivity contribution in [2.24, 2.45) is 5.92 Å². The van der Waals surface area contributed by atoms with E-state index in [-0.39, 0.29) is 35.5 Å². The van der Waals surface area contributed by atoms with Gasteiger partial charge in [0.15, 0.2) is 0 Å². The number of aliphatic hydroxyl groups excluding tert-OH is 1. The number of aliphatic hydroxyl groups is 1. The van der Waals surface area contributed by atoms with Gasteiger partial charge in [-0.2, -0.15) is 0 Å². The lowest BCUT2D eigenvalue weighted by Crippen LogP contribution is -2.61. The summed E-state index contributed by atoms with van der Waals surface area (Å²) < 4.78 is 0. The first-order valence-electron chi connectivity index (χ1n) is 11.3. The smallest absolute Gasteiger partial charge is 0.224 e. The number of amides is 1. The summed E-state index contributed by atoms with van der Waals surface area (Å²) in [4.78, 5) is 15.2. The van der Waals surface area contributed by atoms with Crippen LogP contribution in [0.1, 0.15) is 30.4 Å². The number of phenols is 1. The van der Waals surface area contributed by atoms with Gasteiger partial charge in [-0.25, -0.2) is 0 Å². The Balaban J connectivity index is 1.55. The van der Waals surface area contributed by atoms with Crippen LogP contribution in [-0.2, 0) is 16.6 Å². The minimum Gasteiger partial charge on any atom is -0.508 e. The summed E-state index contributed by atoms with van der Waals surface area (Å²) >= 11 is 12.1. The summed E-state index contributed by atoms with van der Waals surface area (Å²) in [6.45, 7) is 6.26. The van der Waals surface area contributed by atoms with Crippen molar-refractivity contribution in [2.45, 2.75) is 43.2 Å². The number of fused-ring (bicyclic) bond motifs is 1. The first-order chi connectivity index (χ1) is 15.8.